The molecule has 0 aliphatic rings. The lowest BCUT2D eigenvalue weighted by Gasteiger charge is -2.05. The fourth-order valence-electron chi connectivity index (χ4n) is 2.85. The Balaban J connectivity index is 1.64. The Morgan fingerprint density at radius 1 is 0.769 bits per heavy atom. The van der Waals surface area contributed by atoms with Crippen LogP contribution in [0.15, 0.2) is 65.1 Å². The molecule has 0 saturated heterocycles. The zero-order valence-electron chi connectivity index (χ0n) is 13.2. The maximum atomic E-state index is 6.55. The molecule has 2 aromatic heterocycles. The van der Waals surface area contributed by atoms with Crippen molar-refractivity contribution >= 4 is 55.9 Å². The van der Waals surface area contributed by atoms with Crippen molar-refractivity contribution in [3.63, 3.8) is 0 Å². The second-order valence-electron chi connectivity index (χ2n) is 5.79. The average molecular weight is 397 g/mol. The Morgan fingerprint density at radius 3 is 2.27 bits per heavy atom. The van der Waals surface area contributed by atoms with Crippen LogP contribution >= 0.6 is 34.5 Å². The topological polar surface area (TPSA) is 38.9 Å². The molecule has 0 radical (unpaired) electrons. The number of hydrogen-bond donors (Lipinski definition) is 0. The Morgan fingerprint density at radius 2 is 1.46 bits per heavy atom. The summed E-state index contributed by atoms with van der Waals surface area (Å²) in [5.74, 6) is 0.453. The Bertz CT molecular complexity index is 1110. The molecule has 0 spiro atoms. The molecule has 6 heteroatoms. The summed E-state index contributed by atoms with van der Waals surface area (Å²) in [6, 6.07) is 19.2. The molecule has 0 atom stereocenters. The van der Waals surface area contributed by atoms with Crippen LogP contribution < -0.4 is 0 Å². The van der Waals surface area contributed by atoms with E-state index in [2.05, 4.69) is 9.97 Å². The van der Waals surface area contributed by atoms with Crippen molar-refractivity contribution in [1.82, 2.24) is 9.97 Å². The largest absolute Gasteiger partial charge is 0.436 e. The second kappa shape index (κ2) is 6.09. The number of halogens is 2. The molecule has 0 aliphatic carbocycles. The molecule has 0 fully saturated rings. The number of thiazole rings is 1. The highest BCUT2D eigenvalue weighted by atomic mass is 35.5. The average Bonchev–Trinajstić information content (AvgIpc) is 3.26. The Kier molecular flexibility index (Phi) is 3.71. The molecule has 3 aromatic carbocycles. The summed E-state index contributed by atoms with van der Waals surface area (Å²) < 4.78 is 6.93. The number of rotatable bonds is 2. The van der Waals surface area contributed by atoms with Crippen molar-refractivity contribution in [2.45, 2.75) is 0 Å². The van der Waals surface area contributed by atoms with Crippen LogP contribution in [0.4, 0.5) is 0 Å². The van der Waals surface area contributed by atoms with Gasteiger partial charge >= 0.3 is 0 Å². The van der Waals surface area contributed by atoms with E-state index < -0.39 is 0 Å². The molecular formula is C20H10Cl2N2OS. The summed E-state index contributed by atoms with van der Waals surface area (Å²) in [6.07, 6.45) is 0. The van der Waals surface area contributed by atoms with Gasteiger partial charge in [0.1, 0.15) is 10.5 Å². The third-order valence-corrected chi connectivity index (χ3v) is 5.80. The van der Waals surface area contributed by atoms with Gasteiger partial charge in [0.15, 0.2) is 5.58 Å². The van der Waals surface area contributed by atoms with Crippen molar-refractivity contribution in [2.75, 3.05) is 0 Å². The van der Waals surface area contributed by atoms with Gasteiger partial charge in [0.25, 0.3) is 0 Å². The molecule has 3 nitrogen and oxygen atoms in total. The van der Waals surface area contributed by atoms with Crippen LogP contribution in [-0.2, 0) is 0 Å². The maximum Gasteiger partial charge on any atom is 0.228 e. The van der Waals surface area contributed by atoms with Gasteiger partial charge in [-0.15, -0.1) is 11.3 Å². The molecule has 5 aromatic rings. The molecule has 0 bridgehead atoms. The lowest BCUT2D eigenvalue weighted by molar-refractivity contribution is 0.620. The van der Waals surface area contributed by atoms with Gasteiger partial charge in [0.05, 0.1) is 25.8 Å². The zero-order valence-corrected chi connectivity index (χ0v) is 15.6. The summed E-state index contributed by atoms with van der Waals surface area (Å²) in [5.41, 5.74) is 3.91. The molecule has 126 valence electrons. The fraction of sp³-hybridized carbons (Fsp3) is 0. The summed E-state index contributed by atoms with van der Waals surface area (Å²) >= 11 is 14.7. The fourth-order valence-corrected chi connectivity index (χ4v) is 4.40. The van der Waals surface area contributed by atoms with E-state index in [1.807, 2.05) is 54.6 Å². The van der Waals surface area contributed by atoms with Crippen molar-refractivity contribution < 1.29 is 4.42 Å². The number of oxazole rings is 1. The smallest absolute Gasteiger partial charge is 0.228 e. The summed E-state index contributed by atoms with van der Waals surface area (Å²) in [4.78, 5) is 9.16. The van der Waals surface area contributed by atoms with Crippen LogP contribution in [0.5, 0.6) is 0 Å². The highest BCUT2D eigenvalue weighted by Crippen LogP contribution is 2.40. The molecular weight excluding hydrogens is 387 g/mol. The predicted molar refractivity (Wildman–Crippen MR) is 108 cm³/mol. The first kappa shape index (κ1) is 15.8. The van der Waals surface area contributed by atoms with E-state index in [-0.39, 0.29) is 0 Å². The number of para-hydroxylation sites is 3. The van der Waals surface area contributed by atoms with Gasteiger partial charge in [0.2, 0.25) is 5.89 Å². The Labute approximate surface area is 162 Å². The van der Waals surface area contributed by atoms with Crippen LogP contribution in [0.2, 0.25) is 10.0 Å². The lowest BCUT2D eigenvalue weighted by Crippen LogP contribution is -1.84. The highest BCUT2D eigenvalue weighted by molar-refractivity contribution is 7.21. The monoisotopic (exact) mass is 396 g/mol. The van der Waals surface area contributed by atoms with Crippen LogP contribution in [-0.4, -0.2) is 9.97 Å². The lowest BCUT2D eigenvalue weighted by atomic mass is 10.1. The minimum absolute atomic E-state index is 0.453. The number of hydrogen-bond acceptors (Lipinski definition) is 4. The van der Waals surface area contributed by atoms with Crippen LogP contribution in [0, 0.1) is 0 Å². The van der Waals surface area contributed by atoms with E-state index in [0.717, 1.165) is 26.3 Å². The minimum Gasteiger partial charge on any atom is -0.436 e. The van der Waals surface area contributed by atoms with Crippen LogP contribution in [0.1, 0.15) is 0 Å². The second-order valence-corrected chi connectivity index (χ2v) is 7.63. The first-order valence-electron chi connectivity index (χ1n) is 7.90. The number of nitrogens with zero attached hydrogens (tertiary/aromatic N) is 2. The van der Waals surface area contributed by atoms with Gasteiger partial charge in [-0.2, -0.15) is 0 Å². The van der Waals surface area contributed by atoms with Crippen LogP contribution in [0.25, 0.3) is 43.3 Å². The summed E-state index contributed by atoms with van der Waals surface area (Å²) in [5, 5.41) is 1.92. The van der Waals surface area contributed by atoms with Crippen molar-refractivity contribution in [1.29, 1.82) is 0 Å². The molecule has 5 rings (SSSR count). The van der Waals surface area contributed by atoms with E-state index in [9.17, 15) is 0 Å². The van der Waals surface area contributed by atoms with Gasteiger partial charge in [0, 0.05) is 5.56 Å². The van der Waals surface area contributed by atoms with E-state index in [1.54, 1.807) is 17.4 Å². The van der Waals surface area contributed by atoms with Gasteiger partial charge in [-0.1, -0.05) is 47.5 Å². The quantitative estimate of drug-likeness (QED) is 0.320. The van der Waals surface area contributed by atoms with E-state index in [0.29, 0.717) is 27.1 Å². The molecule has 0 unspecified atom stereocenters. The zero-order chi connectivity index (χ0) is 17.7. The van der Waals surface area contributed by atoms with Gasteiger partial charge < -0.3 is 4.42 Å². The standard InChI is InChI=1S/C20H10Cl2N2OS/c21-13-10-12(20-24-16-6-2-4-8-18(16)26-20)14(22)9-11(13)19-23-15-5-1-3-7-17(15)25-19/h1-10H. The molecule has 0 saturated carbocycles. The van der Waals surface area contributed by atoms with Crippen molar-refractivity contribution in [2.24, 2.45) is 0 Å². The van der Waals surface area contributed by atoms with Crippen molar-refractivity contribution in [3.05, 3.63) is 70.7 Å². The number of fused-ring (bicyclic) bond motifs is 2. The molecule has 0 N–H and O–H groups in total. The van der Waals surface area contributed by atoms with Crippen LogP contribution in [0.3, 0.4) is 0 Å². The minimum atomic E-state index is 0.453. The normalized spacial score (nSPS) is 11.5. The summed E-state index contributed by atoms with van der Waals surface area (Å²) in [6.45, 7) is 0. The van der Waals surface area contributed by atoms with Crippen molar-refractivity contribution in [3.8, 4) is 22.0 Å². The van der Waals surface area contributed by atoms with E-state index in [1.165, 1.54) is 0 Å². The molecule has 2 heterocycles. The van der Waals surface area contributed by atoms with E-state index in [4.69, 9.17) is 27.6 Å². The number of aromatic nitrogens is 2. The SMILES string of the molecule is Clc1cc(-c2nc3ccccc3s2)c(Cl)cc1-c1nc2ccccc2o1. The first-order valence-corrected chi connectivity index (χ1v) is 9.47. The Hall–Kier alpha value is -2.40. The van der Waals surface area contributed by atoms with E-state index >= 15 is 0 Å². The predicted octanol–water partition coefficient (Wildman–Crippen LogP) is 7.08. The highest BCUT2D eigenvalue weighted by Gasteiger charge is 2.17. The maximum absolute atomic E-state index is 6.55. The molecule has 26 heavy (non-hydrogen) atoms. The number of benzene rings is 3. The first-order chi connectivity index (χ1) is 12.7. The molecule has 0 aliphatic heterocycles. The third-order valence-electron chi connectivity index (χ3n) is 4.11. The third kappa shape index (κ3) is 2.58. The summed E-state index contributed by atoms with van der Waals surface area (Å²) in [7, 11) is 0. The molecule has 0 amide bonds. The van der Waals surface area contributed by atoms with Gasteiger partial charge in [-0.3, -0.25) is 0 Å². The van der Waals surface area contributed by atoms with Gasteiger partial charge in [-0.25, -0.2) is 9.97 Å². The van der Waals surface area contributed by atoms with Gasteiger partial charge in [-0.05, 0) is 36.4 Å².